The third-order valence-electron chi connectivity index (χ3n) is 2.67. The molecule has 0 aromatic heterocycles. The highest BCUT2D eigenvalue weighted by Crippen LogP contribution is 2.29. The second-order valence-electron chi connectivity index (χ2n) is 3.99. The zero-order chi connectivity index (χ0) is 14.0. The van der Waals surface area contributed by atoms with Crippen LogP contribution in [-0.2, 0) is 14.8 Å². The largest absolute Gasteiger partial charge is 0.326 e. The maximum atomic E-state index is 11.9. The van der Waals surface area contributed by atoms with E-state index in [0.717, 1.165) is 0 Å². The van der Waals surface area contributed by atoms with Crippen molar-refractivity contribution in [3.63, 3.8) is 0 Å². The Bertz CT molecular complexity index is 739. The monoisotopic (exact) mass is 277 g/mol. The van der Waals surface area contributed by atoms with Crippen LogP contribution < -0.4 is 10.0 Å². The number of nitrogens with one attached hydrogen (secondary N) is 2. The van der Waals surface area contributed by atoms with Crippen LogP contribution in [0, 0.1) is 7.05 Å². The Morgan fingerprint density at radius 3 is 2.32 bits per heavy atom. The Kier molecular flexibility index (Phi) is 3.55. The van der Waals surface area contributed by atoms with E-state index in [1.54, 1.807) is 30.3 Å². The van der Waals surface area contributed by atoms with Gasteiger partial charge in [-0.05, 0) is 12.1 Å². The molecule has 0 aliphatic heterocycles. The molecule has 0 fully saturated rings. The van der Waals surface area contributed by atoms with Gasteiger partial charge >= 0.3 is 0 Å². The van der Waals surface area contributed by atoms with E-state index in [1.165, 1.54) is 13.0 Å². The van der Waals surface area contributed by atoms with E-state index in [9.17, 15) is 13.2 Å². The van der Waals surface area contributed by atoms with Gasteiger partial charge in [-0.2, -0.15) is 0 Å². The first-order valence-corrected chi connectivity index (χ1v) is 7.02. The number of benzene rings is 2. The molecule has 0 atom stereocenters. The van der Waals surface area contributed by atoms with Gasteiger partial charge in [0.2, 0.25) is 15.9 Å². The summed E-state index contributed by atoms with van der Waals surface area (Å²) < 4.78 is 25.8. The first-order valence-electron chi connectivity index (χ1n) is 5.54. The van der Waals surface area contributed by atoms with Gasteiger partial charge in [-0.25, -0.2) is 13.1 Å². The van der Waals surface area contributed by atoms with Gasteiger partial charge in [-0.1, -0.05) is 24.3 Å². The molecule has 0 saturated carbocycles. The fraction of sp³-hybridized carbons (Fsp3) is 0.0769. The van der Waals surface area contributed by atoms with Crippen LogP contribution >= 0.6 is 0 Å². The van der Waals surface area contributed by atoms with E-state index < -0.39 is 10.0 Å². The fourth-order valence-corrected chi connectivity index (χ4v) is 2.75. The van der Waals surface area contributed by atoms with Crippen LogP contribution in [0.25, 0.3) is 10.8 Å². The molecule has 1 radical (unpaired) electrons. The van der Waals surface area contributed by atoms with Gasteiger partial charge in [-0.15, -0.1) is 0 Å². The molecule has 0 aliphatic carbocycles. The van der Waals surface area contributed by atoms with Crippen molar-refractivity contribution in [2.45, 2.75) is 11.8 Å². The summed E-state index contributed by atoms with van der Waals surface area (Å²) in [6.45, 7) is 1.40. The number of sulfonamides is 1. The first-order chi connectivity index (χ1) is 8.95. The van der Waals surface area contributed by atoms with Crippen LogP contribution in [0.2, 0.25) is 0 Å². The van der Waals surface area contributed by atoms with E-state index in [0.29, 0.717) is 16.5 Å². The van der Waals surface area contributed by atoms with Crippen LogP contribution in [0.4, 0.5) is 5.69 Å². The standard InChI is InChI=1S/C13H13N2O3S/c1-9(16)15-12-7-8-13(19(17,18)14-2)11-6-4-3-5-10(11)12/h3-8,14H,2H2,1H3,(H,15,16). The Labute approximate surface area is 111 Å². The van der Waals surface area contributed by atoms with Crippen LogP contribution in [0.3, 0.4) is 0 Å². The molecule has 0 heterocycles. The lowest BCUT2D eigenvalue weighted by molar-refractivity contribution is -0.114. The Balaban J connectivity index is 2.75. The molecule has 0 saturated heterocycles. The topological polar surface area (TPSA) is 75.3 Å². The van der Waals surface area contributed by atoms with Crippen molar-refractivity contribution >= 4 is 32.4 Å². The number of carbonyl (C=O) groups excluding carboxylic acids is 1. The molecule has 19 heavy (non-hydrogen) atoms. The van der Waals surface area contributed by atoms with Crippen molar-refractivity contribution in [1.29, 1.82) is 0 Å². The summed E-state index contributed by atoms with van der Waals surface area (Å²) in [5.74, 6) is -0.212. The molecular formula is C13H13N2O3S. The molecule has 0 aliphatic rings. The fourth-order valence-electron chi connectivity index (χ4n) is 1.88. The summed E-state index contributed by atoms with van der Waals surface area (Å²) in [5, 5.41) is 3.87. The summed E-state index contributed by atoms with van der Waals surface area (Å²) in [6.07, 6.45) is 0. The van der Waals surface area contributed by atoms with Crippen molar-refractivity contribution in [2.24, 2.45) is 0 Å². The van der Waals surface area contributed by atoms with E-state index >= 15 is 0 Å². The predicted molar refractivity (Wildman–Crippen MR) is 73.9 cm³/mol. The van der Waals surface area contributed by atoms with Gasteiger partial charge in [0.25, 0.3) is 0 Å². The number of fused-ring (bicyclic) bond motifs is 1. The van der Waals surface area contributed by atoms with Gasteiger partial charge in [-0.3, -0.25) is 4.79 Å². The lowest BCUT2D eigenvalue weighted by atomic mass is 10.1. The SMILES string of the molecule is [CH2]NS(=O)(=O)c1ccc(NC(C)=O)c2ccccc12. The number of rotatable bonds is 3. The summed E-state index contributed by atoms with van der Waals surface area (Å²) in [6, 6.07) is 9.96. The van der Waals surface area contributed by atoms with E-state index in [2.05, 4.69) is 12.4 Å². The highest BCUT2D eigenvalue weighted by molar-refractivity contribution is 7.89. The Hall–Kier alpha value is -1.92. The molecule has 0 spiro atoms. The predicted octanol–water partition coefficient (Wildman–Crippen LogP) is 1.87. The zero-order valence-electron chi connectivity index (χ0n) is 10.3. The third-order valence-corrected chi connectivity index (χ3v) is 3.99. The highest BCUT2D eigenvalue weighted by atomic mass is 32.2. The van der Waals surface area contributed by atoms with Gasteiger partial charge in [0, 0.05) is 30.4 Å². The van der Waals surface area contributed by atoms with Crippen molar-refractivity contribution in [3.05, 3.63) is 43.4 Å². The van der Waals surface area contributed by atoms with Crippen molar-refractivity contribution < 1.29 is 13.2 Å². The minimum absolute atomic E-state index is 0.132. The summed E-state index contributed by atoms with van der Waals surface area (Å²) >= 11 is 0. The van der Waals surface area contributed by atoms with Gasteiger partial charge in [0.15, 0.2) is 0 Å². The van der Waals surface area contributed by atoms with Gasteiger partial charge in [0.1, 0.15) is 0 Å². The zero-order valence-corrected chi connectivity index (χ0v) is 11.1. The molecule has 0 bridgehead atoms. The lowest BCUT2D eigenvalue weighted by Crippen LogP contribution is -2.17. The van der Waals surface area contributed by atoms with E-state index in [4.69, 9.17) is 0 Å². The van der Waals surface area contributed by atoms with Crippen LogP contribution in [0.15, 0.2) is 41.3 Å². The molecular weight excluding hydrogens is 264 g/mol. The summed E-state index contributed by atoms with van der Waals surface area (Å²) in [7, 11) is -0.440. The summed E-state index contributed by atoms with van der Waals surface area (Å²) in [4.78, 5) is 11.3. The van der Waals surface area contributed by atoms with Gasteiger partial charge < -0.3 is 5.32 Å². The van der Waals surface area contributed by atoms with Crippen LogP contribution in [0.1, 0.15) is 6.92 Å². The number of hydrogen-bond donors (Lipinski definition) is 2. The van der Waals surface area contributed by atoms with Crippen molar-refractivity contribution in [3.8, 4) is 0 Å². The Morgan fingerprint density at radius 1 is 1.11 bits per heavy atom. The second kappa shape index (κ2) is 4.99. The molecule has 0 unspecified atom stereocenters. The minimum Gasteiger partial charge on any atom is -0.326 e. The van der Waals surface area contributed by atoms with E-state index in [1.807, 2.05) is 4.72 Å². The summed E-state index contributed by atoms with van der Waals surface area (Å²) in [5.41, 5.74) is 0.575. The van der Waals surface area contributed by atoms with Crippen LogP contribution in [0.5, 0.6) is 0 Å². The molecule has 1 amide bonds. The molecule has 2 N–H and O–H groups in total. The molecule has 2 aromatic carbocycles. The highest BCUT2D eigenvalue weighted by Gasteiger charge is 2.16. The molecule has 2 rings (SSSR count). The smallest absolute Gasteiger partial charge is 0.241 e. The van der Waals surface area contributed by atoms with Crippen molar-refractivity contribution in [2.75, 3.05) is 5.32 Å². The lowest BCUT2D eigenvalue weighted by Gasteiger charge is -2.11. The number of amides is 1. The Morgan fingerprint density at radius 2 is 1.74 bits per heavy atom. The second-order valence-corrected chi connectivity index (χ2v) is 5.72. The van der Waals surface area contributed by atoms with Gasteiger partial charge in [0.05, 0.1) is 4.90 Å². The van der Waals surface area contributed by atoms with Crippen LogP contribution in [-0.4, -0.2) is 14.3 Å². The van der Waals surface area contributed by atoms with E-state index in [-0.39, 0.29) is 10.8 Å². The van der Waals surface area contributed by atoms with Crippen molar-refractivity contribution in [1.82, 2.24) is 4.72 Å². The average molecular weight is 277 g/mol. The molecule has 99 valence electrons. The minimum atomic E-state index is -3.64. The molecule has 2 aromatic rings. The average Bonchev–Trinajstić information content (AvgIpc) is 2.38. The molecule has 5 nitrogen and oxygen atoms in total. The quantitative estimate of drug-likeness (QED) is 0.899. The third kappa shape index (κ3) is 2.59. The normalized spacial score (nSPS) is 11.5. The maximum Gasteiger partial charge on any atom is 0.241 e. The number of carbonyl (C=O) groups is 1. The maximum absolute atomic E-state index is 11.9. The number of hydrogen-bond acceptors (Lipinski definition) is 3. The first kappa shape index (κ1) is 13.5. The number of anilines is 1. The molecule has 6 heteroatoms.